The number of benzene rings is 1. The fourth-order valence-corrected chi connectivity index (χ4v) is 1.50. The molecule has 0 aliphatic carbocycles. The van der Waals surface area contributed by atoms with Gasteiger partial charge in [-0.15, -0.1) is 0 Å². The highest BCUT2D eigenvalue weighted by molar-refractivity contribution is 6.68. The number of carbonyl (C=O) groups is 1. The summed E-state index contributed by atoms with van der Waals surface area (Å²) in [5.41, 5.74) is 1.12. The largest absolute Gasteiger partial charge is 0.497 e. The summed E-state index contributed by atoms with van der Waals surface area (Å²) in [6.07, 6.45) is 0. The van der Waals surface area contributed by atoms with E-state index in [1.54, 1.807) is 26.2 Å². The third-order valence-electron chi connectivity index (χ3n) is 1.93. The lowest BCUT2D eigenvalue weighted by atomic mass is 10.1. The SMILES string of the molecule is COc1cc(C)c(C(=O)Cl)c(OC)c1. The Hall–Kier alpha value is -1.22. The fourth-order valence-electron chi connectivity index (χ4n) is 1.25. The van der Waals surface area contributed by atoms with Gasteiger partial charge in [0.05, 0.1) is 19.8 Å². The molecule has 0 spiro atoms. The topological polar surface area (TPSA) is 35.5 Å². The number of ether oxygens (including phenoxy) is 2. The summed E-state index contributed by atoms with van der Waals surface area (Å²) in [7, 11) is 3.04. The molecule has 0 unspecified atom stereocenters. The van der Waals surface area contributed by atoms with E-state index in [0.717, 1.165) is 5.56 Å². The molecule has 0 heterocycles. The molecule has 1 rings (SSSR count). The second-order valence-electron chi connectivity index (χ2n) is 2.80. The van der Waals surface area contributed by atoms with Crippen LogP contribution in [-0.2, 0) is 0 Å². The quantitative estimate of drug-likeness (QED) is 0.725. The van der Waals surface area contributed by atoms with Crippen molar-refractivity contribution in [1.82, 2.24) is 0 Å². The molecule has 3 nitrogen and oxygen atoms in total. The summed E-state index contributed by atoms with van der Waals surface area (Å²) >= 11 is 5.43. The van der Waals surface area contributed by atoms with Crippen molar-refractivity contribution >= 4 is 16.8 Å². The molecule has 0 radical (unpaired) electrons. The van der Waals surface area contributed by atoms with Crippen molar-refractivity contribution in [3.8, 4) is 11.5 Å². The van der Waals surface area contributed by atoms with Crippen LogP contribution in [0.4, 0.5) is 0 Å². The van der Waals surface area contributed by atoms with Gasteiger partial charge in [0.15, 0.2) is 0 Å². The van der Waals surface area contributed by atoms with Gasteiger partial charge >= 0.3 is 0 Å². The van der Waals surface area contributed by atoms with E-state index in [2.05, 4.69) is 0 Å². The van der Waals surface area contributed by atoms with Crippen molar-refractivity contribution < 1.29 is 14.3 Å². The molecule has 0 saturated heterocycles. The van der Waals surface area contributed by atoms with E-state index >= 15 is 0 Å². The minimum atomic E-state index is -0.526. The summed E-state index contributed by atoms with van der Waals surface area (Å²) in [6, 6.07) is 3.36. The number of carbonyl (C=O) groups excluding carboxylic acids is 1. The highest BCUT2D eigenvalue weighted by Gasteiger charge is 2.14. The lowest BCUT2D eigenvalue weighted by Gasteiger charge is -2.10. The molecule has 0 saturated carbocycles. The van der Waals surface area contributed by atoms with E-state index < -0.39 is 5.24 Å². The zero-order valence-electron chi connectivity index (χ0n) is 8.26. The second-order valence-corrected chi connectivity index (χ2v) is 3.14. The molecular formula is C10H11ClO3. The van der Waals surface area contributed by atoms with E-state index in [1.165, 1.54) is 7.11 Å². The zero-order chi connectivity index (χ0) is 10.7. The fraction of sp³-hybridized carbons (Fsp3) is 0.300. The van der Waals surface area contributed by atoms with Gasteiger partial charge in [-0.2, -0.15) is 0 Å². The van der Waals surface area contributed by atoms with E-state index in [9.17, 15) is 4.79 Å². The monoisotopic (exact) mass is 214 g/mol. The average Bonchev–Trinajstić information content (AvgIpc) is 2.15. The smallest absolute Gasteiger partial charge is 0.256 e. The minimum Gasteiger partial charge on any atom is -0.497 e. The summed E-state index contributed by atoms with van der Waals surface area (Å²) in [5, 5.41) is -0.526. The minimum absolute atomic E-state index is 0.384. The van der Waals surface area contributed by atoms with E-state index in [4.69, 9.17) is 21.1 Å². The zero-order valence-corrected chi connectivity index (χ0v) is 9.01. The number of halogens is 1. The highest BCUT2D eigenvalue weighted by Crippen LogP contribution is 2.29. The maximum absolute atomic E-state index is 11.1. The van der Waals surface area contributed by atoms with Crippen LogP contribution in [0.5, 0.6) is 11.5 Å². The van der Waals surface area contributed by atoms with Gasteiger partial charge in [0.25, 0.3) is 5.24 Å². The Morgan fingerprint density at radius 2 is 1.93 bits per heavy atom. The van der Waals surface area contributed by atoms with Gasteiger partial charge in [-0.3, -0.25) is 4.79 Å². The molecule has 4 heteroatoms. The molecule has 0 fully saturated rings. The lowest BCUT2D eigenvalue weighted by molar-refractivity contribution is 0.107. The molecule has 1 aromatic rings. The predicted octanol–water partition coefficient (Wildman–Crippen LogP) is 2.39. The van der Waals surface area contributed by atoms with Crippen LogP contribution in [-0.4, -0.2) is 19.5 Å². The molecule has 14 heavy (non-hydrogen) atoms. The molecule has 0 atom stereocenters. The van der Waals surface area contributed by atoms with Crippen LogP contribution in [0.25, 0.3) is 0 Å². The van der Waals surface area contributed by atoms with Gasteiger partial charge in [0.1, 0.15) is 11.5 Å². The Morgan fingerprint density at radius 3 is 2.36 bits per heavy atom. The van der Waals surface area contributed by atoms with E-state index in [0.29, 0.717) is 17.1 Å². The Balaban J connectivity index is 3.34. The molecule has 0 amide bonds. The molecule has 0 aliphatic rings. The molecule has 0 aromatic heterocycles. The maximum atomic E-state index is 11.1. The van der Waals surface area contributed by atoms with Gasteiger partial charge < -0.3 is 9.47 Å². The Morgan fingerprint density at radius 1 is 1.29 bits per heavy atom. The number of aryl methyl sites for hydroxylation is 1. The first kappa shape index (κ1) is 10.9. The van der Waals surface area contributed by atoms with Crippen LogP contribution < -0.4 is 9.47 Å². The predicted molar refractivity (Wildman–Crippen MR) is 54.5 cm³/mol. The van der Waals surface area contributed by atoms with E-state index in [1.807, 2.05) is 0 Å². The summed E-state index contributed by atoms with van der Waals surface area (Å²) in [5.74, 6) is 1.07. The third-order valence-corrected chi connectivity index (χ3v) is 2.11. The molecule has 1 aromatic carbocycles. The summed E-state index contributed by atoms with van der Waals surface area (Å²) in [4.78, 5) is 11.1. The lowest BCUT2D eigenvalue weighted by Crippen LogP contribution is -1.99. The molecule has 0 bridgehead atoms. The van der Waals surface area contributed by atoms with Crippen molar-refractivity contribution in [1.29, 1.82) is 0 Å². The standard InChI is InChI=1S/C10H11ClO3/c1-6-4-7(13-2)5-8(14-3)9(6)10(11)12/h4-5H,1-3H3. The van der Waals surface area contributed by atoms with Crippen molar-refractivity contribution in [3.05, 3.63) is 23.3 Å². The van der Waals surface area contributed by atoms with Gasteiger partial charge in [-0.05, 0) is 30.2 Å². The van der Waals surface area contributed by atoms with Crippen molar-refractivity contribution in [2.24, 2.45) is 0 Å². The normalized spacial score (nSPS) is 9.71. The number of hydrogen-bond acceptors (Lipinski definition) is 3. The van der Waals surface area contributed by atoms with Gasteiger partial charge in [0.2, 0.25) is 0 Å². The van der Waals surface area contributed by atoms with Crippen LogP contribution in [0.2, 0.25) is 0 Å². The first-order chi connectivity index (χ1) is 6.60. The number of hydrogen-bond donors (Lipinski definition) is 0. The highest BCUT2D eigenvalue weighted by atomic mass is 35.5. The summed E-state index contributed by atoms with van der Waals surface area (Å²) < 4.78 is 10.1. The van der Waals surface area contributed by atoms with Gasteiger partial charge in [-0.25, -0.2) is 0 Å². The number of rotatable bonds is 3. The van der Waals surface area contributed by atoms with Gasteiger partial charge in [-0.1, -0.05) is 0 Å². The van der Waals surface area contributed by atoms with Crippen LogP contribution in [0.15, 0.2) is 12.1 Å². The molecule has 76 valence electrons. The third kappa shape index (κ3) is 1.99. The van der Waals surface area contributed by atoms with Crippen molar-refractivity contribution in [2.75, 3.05) is 14.2 Å². The maximum Gasteiger partial charge on any atom is 0.256 e. The van der Waals surface area contributed by atoms with Crippen molar-refractivity contribution in [3.63, 3.8) is 0 Å². The molecule has 0 N–H and O–H groups in total. The van der Waals surface area contributed by atoms with Gasteiger partial charge in [0, 0.05) is 6.07 Å². The summed E-state index contributed by atoms with van der Waals surface area (Å²) in [6.45, 7) is 1.78. The van der Waals surface area contributed by atoms with E-state index in [-0.39, 0.29) is 0 Å². The Bertz CT molecular complexity index is 361. The van der Waals surface area contributed by atoms with Crippen LogP contribution >= 0.6 is 11.6 Å². The molecule has 0 aliphatic heterocycles. The average molecular weight is 215 g/mol. The van der Waals surface area contributed by atoms with Crippen LogP contribution in [0.3, 0.4) is 0 Å². The van der Waals surface area contributed by atoms with Crippen LogP contribution in [0.1, 0.15) is 15.9 Å². The Kier molecular flexibility index (Phi) is 3.36. The second kappa shape index (κ2) is 4.33. The van der Waals surface area contributed by atoms with Crippen LogP contribution in [0, 0.1) is 6.92 Å². The number of methoxy groups -OCH3 is 2. The Labute approximate surface area is 87.6 Å². The first-order valence-corrected chi connectivity index (χ1v) is 4.40. The van der Waals surface area contributed by atoms with Crippen molar-refractivity contribution in [2.45, 2.75) is 6.92 Å². The first-order valence-electron chi connectivity index (χ1n) is 4.02. The molecular weight excluding hydrogens is 204 g/mol.